The van der Waals surface area contributed by atoms with Crippen molar-refractivity contribution >= 4 is 16.8 Å². The second kappa shape index (κ2) is 4.91. The number of aromatic nitrogens is 1. The number of pyridine rings is 1. The Morgan fingerprint density at radius 3 is 2.95 bits per heavy atom. The van der Waals surface area contributed by atoms with Crippen LogP contribution in [0, 0.1) is 17.7 Å². The number of benzene rings is 1. The van der Waals surface area contributed by atoms with E-state index in [1.54, 1.807) is 6.07 Å². The van der Waals surface area contributed by atoms with Gasteiger partial charge in [0.15, 0.2) is 0 Å². The van der Waals surface area contributed by atoms with Gasteiger partial charge in [0.1, 0.15) is 11.4 Å². The maximum Gasteiger partial charge on any atom is 0.261 e. The summed E-state index contributed by atoms with van der Waals surface area (Å²) in [5.74, 6) is 0.311. The fourth-order valence-electron chi connectivity index (χ4n) is 3.31. The molecule has 1 aromatic heterocycles. The van der Waals surface area contributed by atoms with Gasteiger partial charge >= 0.3 is 0 Å². The normalized spacial score (nSPS) is 26.0. The van der Waals surface area contributed by atoms with Crippen LogP contribution in [0.1, 0.15) is 16.8 Å². The van der Waals surface area contributed by atoms with Crippen molar-refractivity contribution in [2.75, 3.05) is 13.1 Å². The van der Waals surface area contributed by atoms with Gasteiger partial charge in [0.25, 0.3) is 11.5 Å². The number of nitrogens with one attached hydrogen (secondary N) is 3. The van der Waals surface area contributed by atoms with E-state index in [4.69, 9.17) is 0 Å². The number of aromatic amines is 1. The Labute approximate surface area is 125 Å². The van der Waals surface area contributed by atoms with Crippen LogP contribution in [0.3, 0.4) is 0 Å². The predicted octanol–water partition coefficient (Wildman–Crippen LogP) is 1.00. The molecule has 3 unspecified atom stereocenters. The monoisotopic (exact) mass is 301 g/mol. The fourth-order valence-corrected chi connectivity index (χ4v) is 3.31. The second-order valence-corrected chi connectivity index (χ2v) is 6.13. The molecular formula is C16H16FN3O2. The van der Waals surface area contributed by atoms with E-state index in [9.17, 15) is 14.0 Å². The Balaban J connectivity index is 1.54. The minimum absolute atomic E-state index is 0.0670. The molecule has 6 heteroatoms. The minimum Gasteiger partial charge on any atom is -0.352 e. The highest BCUT2D eigenvalue weighted by atomic mass is 19.1. The molecule has 1 aromatic carbocycles. The van der Waals surface area contributed by atoms with Gasteiger partial charge in [-0.2, -0.15) is 0 Å². The third kappa shape index (κ3) is 2.29. The van der Waals surface area contributed by atoms with Crippen molar-refractivity contribution in [3.63, 3.8) is 0 Å². The van der Waals surface area contributed by atoms with E-state index >= 15 is 0 Å². The average molecular weight is 301 g/mol. The van der Waals surface area contributed by atoms with Crippen LogP contribution in [0.4, 0.5) is 4.39 Å². The fraction of sp³-hybridized carbons (Fsp3) is 0.375. The van der Waals surface area contributed by atoms with Gasteiger partial charge in [0.05, 0.1) is 5.52 Å². The van der Waals surface area contributed by atoms with E-state index in [-0.39, 0.29) is 11.5 Å². The largest absolute Gasteiger partial charge is 0.352 e. The molecule has 2 aromatic rings. The first-order chi connectivity index (χ1) is 10.6. The van der Waals surface area contributed by atoms with Gasteiger partial charge in [-0.05, 0) is 47.9 Å². The lowest BCUT2D eigenvalue weighted by atomic mass is 10.1. The molecule has 1 aliphatic heterocycles. The Kier molecular flexibility index (Phi) is 3.00. The summed E-state index contributed by atoms with van der Waals surface area (Å²) in [6.07, 6.45) is 1.18. The van der Waals surface area contributed by atoms with Crippen molar-refractivity contribution in [3.05, 3.63) is 46.0 Å². The first-order valence-corrected chi connectivity index (χ1v) is 7.46. The number of piperidine rings is 1. The van der Waals surface area contributed by atoms with Crippen molar-refractivity contribution < 1.29 is 9.18 Å². The zero-order chi connectivity index (χ0) is 15.3. The molecule has 2 aliphatic rings. The summed E-state index contributed by atoms with van der Waals surface area (Å²) in [6.45, 7) is 1.50. The number of hydrogen-bond donors (Lipinski definition) is 3. The van der Waals surface area contributed by atoms with Crippen LogP contribution >= 0.6 is 0 Å². The summed E-state index contributed by atoms with van der Waals surface area (Å²) in [5.41, 5.74) is -0.0378. The number of hydrogen-bond acceptors (Lipinski definition) is 3. The van der Waals surface area contributed by atoms with Crippen LogP contribution in [-0.4, -0.2) is 30.0 Å². The molecule has 114 valence electrons. The zero-order valence-electron chi connectivity index (χ0n) is 11.9. The van der Waals surface area contributed by atoms with Crippen molar-refractivity contribution in [3.8, 4) is 0 Å². The average Bonchev–Trinajstić information content (AvgIpc) is 3.17. The van der Waals surface area contributed by atoms with Gasteiger partial charge in [-0.1, -0.05) is 0 Å². The molecule has 4 rings (SSSR count). The van der Waals surface area contributed by atoms with E-state index in [1.807, 2.05) is 0 Å². The van der Waals surface area contributed by atoms with Crippen LogP contribution in [0.25, 0.3) is 10.9 Å². The van der Waals surface area contributed by atoms with Crippen molar-refractivity contribution in [1.82, 2.24) is 15.6 Å². The van der Waals surface area contributed by atoms with Crippen molar-refractivity contribution in [2.45, 2.75) is 12.5 Å². The van der Waals surface area contributed by atoms with Crippen molar-refractivity contribution in [1.29, 1.82) is 0 Å². The van der Waals surface area contributed by atoms with E-state index in [1.165, 1.54) is 24.6 Å². The van der Waals surface area contributed by atoms with Gasteiger partial charge in [-0.3, -0.25) is 9.59 Å². The van der Waals surface area contributed by atoms with Gasteiger partial charge in [-0.25, -0.2) is 4.39 Å². The lowest BCUT2D eigenvalue weighted by molar-refractivity contribution is 0.0945. The van der Waals surface area contributed by atoms with Gasteiger partial charge in [-0.15, -0.1) is 0 Å². The SMILES string of the molecule is O=C(NCC1CNC2CC12)c1cc2ccc(F)cc2[nH]c1=O. The molecule has 22 heavy (non-hydrogen) atoms. The van der Waals surface area contributed by atoms with Crippen molar-refractivity contribution in [2.24, 2.45) is 11.8 Å². The first-order valence-electron chi connectivity index (χ1n) is 7.46. The summed E-state index contributed by atoms with van der Waals surface area (Å²) < 4.78 is 13.2. The molecule has 1 aliphatic carbocycles. The van der Waals surface area contributed by atoms with Crippen LogP contribution in [0.15, 0.2) is 29.1 Å². The van der Waals surface area contributed by atoms with Crippen LogP contribution < -0.4 is 16.2 Å². The number of fused-ring (bicyclic) bond motifs is 2. The first kappa shape index (κ1) is 13.5. The number of H-pyrrole nitrogens is 1. The number of amides is 1. The van der Waals surface area contributed by atoms with Gasteiger partial charge in [0, 0.05) is 19.1 Å². The Bertz CT molecular complexity index is 817. The third-order valence-corrected chi connectivity index (χ3v) is 4.66. The van der Waals surface area contributed by atoms with Crippen LogP contribution in [0.2, 0.25) is 0 Å². The Morgan fingerprint density at radius 2 is 2.23 bits per heavy atom. The smallest absolute Gasteiger partial charge is 0.261 e. The van der Waals surface area contributed by atoms with Gasteiger partial charge < -0.3 is 15.6 Å². The van der Waals surface area contributed by atoms with E-state index in [0.29, 0.717) is 35.3 Å². The molecule has 2 fully saturated rings. The topological polar surface area (TPSA) is 74.0 Å². The number of carbonyl (C=O) groups excluding carboxylic acids is 1. The zero-order valence-corrected chi connectivity index (χ0v) is 11.9. The van der Waals surface area contributed by atoms with E-state index in [2.05, 4.69) is 15.6 Å². The highest BCUT2D eigenvalue weighted by Gasteiger charge is 2.47. The lowest BCUT2D eigenvalue weighted by Crippen LogP contribution is -2.35. The summed E-state index contributed by atoms with van der Waals surface area (Å²) in [6, 6.07) is 6.24. The minimum atomic E-state index is -0.496. The number of halogens is 1. The highest BCUT2D eigenvalue weighted by Crippen LogP contribution is 2.41. The maximum atomic E-state index is 13.2. The lowest BCUT2D eigenvalue weighted by Gasteiger charge is -2.12. The Hall–Kier alpha value is -2.21. The molecule has 2 heterocycles. The molecule has 5 nitrogen and oxygen atoms in total. The predicted molar refractivity (Wildman–Crippen MR) is 80.2 cm³/mol. The molecular weight excluding hydrogens is 285 g/mol. The highest BCUT2D eigenvalue weighted by molar-refractivity contribution is 5.97. The Morgan fingerprint density at radius 1 is 1.36 bits per heavy atom. The summed E-state index contributed by atoms with van der Waals surface area (Å²) in [4.78, 5) is 26.8. The molecule has 0 radical (unpaired) electrons. The third-order valence-electron chi connectivity index (χ3n) is 4.66. The van der Waals surface area contributed by atoms with Crippen LogP contribution in [0.5, 0.6) is 0 Å². The van der Waals surface area contributed by atoms with Gasteiger partial charge in [0.2, 0.25) is 0 Å². The van der Waals surface area contributed by atoms with E-state index in [0.717, 1.165) is 6.54 Å². The second-order valence-electron chi connectivity index (χ2n) is 6.13. The summed E-state index contributed by atoms with van der Waals surface area (Å²) >= 11 is 0. The molecule has 1 saturated carbocycles. The number of rotatable bonds is 3. The molecule has 0 bridgehead atoms. The molecule has 3 N–H and O–H groups in total. The molecule has 1 amide bonds. The standard InChI is InChI=1S/C16H16FN3O2/c17-10-2-1-8-3-12(16(22)20-13(8)4-10)15(21)19-7-9-6-18-14-5-11(9)14/h1-4,9,11,14,18H,5-7H2,(H,19,21)(H,20,22). The molecule has 3 atom stereocenters. The molecule has 1 saturated heterocycles. The van der Waals surface area contributed by atoms with E-state index < -0.39 is 11.4 Å². The quantitative estimate of drug-likeness (QED) is 0.792. The maximum absolute atomic E-state index is 13.2. The molecule has 0 spiro atoms. The summed E-state index contributed by atoms with van der Waals surface area (Å²) in [5, 5.41) is 6.87. The number of carbonyl (C=O) groups is 1. The van der Waals surface area contributed by atoms with Crippen LogP contribution in [-0.2, 0) is 0 Å². The summed E-state index contributed by atoms with van der Waals surface area (Å²) in [7, 11) is 0.